The second kappa shape index (κ2) is 15.7. The summed E-state index contributed by atoms with van der Waals surface area (Å²) in [6.07, 6.45) is 2.86. The van der Waals surface area contributed by atoms with Crippen LogP contribution in [0.4, 0.5) is 14.5 Å². The van der Waals surface area contributed by atoms with E-state index in [0.717, 1.165) is 41.1 Å². The molecule has 0 spiro atoms. The van der Waals surface area contributed by atoms with Crippen LogP contribution in [0, 0.1) is 11.6 Å². The molecule has 0 bridgehead atoms. The molecule has 0 heterocycles. The number of sulfonamides is 1. The summed E-state index contributed by atoms with van der Waals surface area (Å²) in [6, 6.07) is 18.4. The number of carbonyl (C=O) groups is 2. The number of nitrogens with one attached hydrogen (secondary N) is 1. The van der Waals surface area contributed by atoms with E-state index in [0.29, 0.717) is 17.1 Å². The van der Waals surface area contributed by atoms with Gasteiger partial charge >= 0.3 is 0 Å². The van der Waals surface area contributed by atoms with E-state index in [9.17, 15) is 26.8 Å². The van der Waals surface area contributed by atoms with Crippen LogP contribution in [0.2, 0.25) is 5.02 Å². The molecule has 3 rings (SSSR count). The van der Waals surface area contributed by atoms with E-state index in [1.807, 2.05) is 37.3 Å². The van der Waals surface area contributed by atoms with Crippen molar-refractivity contribution in [2.45, 2.75) is 51.6 Å². The van der Waals surface area contributed by atoms with Gasteiger partial charge in [0.2, 0.25) is 21.8 Å². The molecule has 0 aromatic heterocycles. The number of unbranched alkanes of at least 4 members (excludes halogenated alkanes) is 1. The van der Waals surface area contributed by atoms with Crippen LogP contribution in [-0.2, 0) is 32.6 Å². The molecule has 226 valence electrons. The van der Waals surface area contributed by atoms with Gasteiger partial charge in [-0.25, -0.2) is 17.2 Å². The van der Waals surface area contributed by atoms with Crippen molar-refractivity contribution in [1.29, 1.82) is 0 Å². The molecule has 0 unspecified atom stereocenters. The van der Waals surface area contributed by atoms with Crippen LogP contribution >= 0.6 is 11.6 Å². The van der Waals surface area contributed by atoms with Gasteiger partial charge in [0, 0.05) is 43.6 Å². The van der Waals surface area contributed by atoms with E-state index >= 15 is 0 Å². The Hall–Kier alpha value is -3.50. The SMILES string of the molecule is CCCCNC(=O)[C@@H](Cc1ccccc1)N(Cc1ccccc1Cl)C(=O)CCCN(c1ccc(F)c(F)c1)S(C)(=O)=O. The molecule has 0 fully saturated rings. The molecule has 11 heteroatoms. The lowest BCUT2D eigenvalue weighted by atomic mass is 10.0. The second-order valence-electron chi connectivity index (χ2n) is 10.0. The van der Waals surface area contributed by atoms with Crippen molar-refractivity contribution in [1.82, 2.24) is 10.2 Å². The maximum Gasteiger partial charge on any atom is 0.243 e. The zero-order valence-corrected chi connectivity index (χ0v) is 25.3. The molecule has 0 aliphatic rings. The first-order valence-electron chi connectivity index (χ1n) is 13.8. The number of rotatable bonds is 15. The number of benzene rings is 3. The van der Waals surface area contributed by atoms with Crippen molar-refractivity contribution < 1.29 is 26.8 Å². The van der Waals surface area contributed by atoms with Gasteiger partial charge in [0.25, 0.3) is 0 Å². The molecule has 1 atom stereocenters. The normalized spacial score (nSPS) is 12.0. The van der Waals surface area contributed by atoms with Gasteiger partial charge in [-0.2, -0.15) is 0 Å². The van der Waals surface area contributed by atoms with Gasteiger partial charge in [-0.3, -0.25) is 13.9 Å². The van der Waals surface area contributed by atoms with E-state index < -0.39 is 27.7 Å². The third kappa shape index (κ3) is 9.52. The molecule has 1 N–H and O–H groups in total. The highest BCUT2D eigenvalue weighted by Gasteiger charge is 2.31. The van der Waals surface area contributed by atoms with Crippen LogP contribution < -0.4 is 9.62 Å². The first-order chi connectivity index (χ1) is 20.0. The van der Waals surface area contributed by atoms with Crippen molar-refractivity contribution in [3.8, 4) is 0 Å². The van der Waals surface area contributed by atoms with Gasteiger partial charge in [0.1, 0.15) is 6.04 Å². The summed E-state index contributed by atoms with van der Waals surface area (Å²) in [5, 5.41) is 3.39. The standard InChI is InChI=1S/C31H36ClF2N3O4S/c1-3-4-18-35-31(39)29(20-23-11-6-5-7-12-23)36(22-24-13-8-9-14-26(24)32)30(38)15-10-19-37(42(2,40)41)25-16-17-27(33)28(34)21-25/h5-9,11-14,16-17,21,29H,3-4,10,15,18-20,22H2,1-2H3,(H,35,39)/t29-/m1/s1. The zero-order valence-electron chi connectivity index (χ0n) is 23.7. The summed E-state index contributed by atoms with van der Waals surface area (Å²) in [4.78, 5) is 28.8. The molecular formula is C31H36ClF2N3O4S. The number of hydrogen-bond acceptors (Lipinski definition) is 4. The first kappa shape index (κ1) is 33.0. The van der Waals surface area contributed by atoms with Crippen LogP contribution in [0.25, 0.3) is 0 Å². The van der Waals surface area contributed by atoms with Crippen molar-refractivity contribution in [3.63, 3.8) is 0 Å². The van der Waals surface area contributed by atoms with Gasteiger partial charge in [-0.1, -0.05) is 73.5 Å². The monoisotopic (exact) mass is 619 g/mol. The largest absolute Gasteiger partial charge is 0.354 e. The van der Waals surface area contributed by atoms with E-state index in [-0.39, 0.29) is 49.9 Å². The number of amides is 2. The summed E-state index contributed by atoms with van der Waals surface area (Å²) in [5.41, 5.74) is 1.48. The Bertz CT molecular complexity index is 1460. The maximum atomic E-state index is 13.9. The molecule has 0 radical (unpaired) electrons. The minimum Gasteiger partial charge on any atom is -0.354 e. The van der Waals surface area contributed by atoms with E-state index in [2.05, 4.69) is 5.32 Å². The number of hydrogen-bond donors (Lipinski definition) is 1. The minimum absolute atomic E-state index is 0.0472. The van der Waals surface area contributed by atoms with Crippen LogP contribution in [0.3, 0.4) is 0 Å². The number of anilines is 1. The minimum atomic E-state index is -3.87. The van der Waals surface area contributed by atoms with Gasteiger partial charge in [0.15, 0.2) is 11.6 Å². The first-order valence-corrected chi connectivity index (χ1v) is 16.0. The highest BCUT2D eigenvalue weighted by atomic mass is 35.5. The highest BCUT2D eigenvalue weighted by Crippen LogP contribution is 2.23. The van der Waals surface area contributed by atoms with Crippen molar-refractivity contribution in [2.75, 3.05) is 23.7 Å². The average Bonchev–Trinajstić information content (AvgIpc) is 2.95. The Morgan fingerprint density at radius 2 is 1.64 bits per heavy atom. The third-order valence-electron chi connectivity index (χ3n) is 6.74. The molecule has 7 nitrogen and oxygen atoms in total. The fourth-order valence-electron chi connectivity index (χ4n) is 4.51. The fourth-order valence-corrected chi connectivity index (χ4v) is 5.67. The van der Waals surface area contributed by atoms with Crippen molar-refractivity contribution in [3.05, 3.63) is 101 Å². The summed E-state index contributed by atoms with van der Waals surface area (Å²) in [6.45, 7) is 2.39. The summed E-state index contributed by atoms with van der Waals surface area (Å²) < 4.78 is 53.3. The lowest BCUT2D eigenvalue weighted by molar-refractivity contribution is -0.141. The Labute approximate surface area is 251 Å². The van der Waals surface area contributed by atoms with Gasteiger partial charge in [-0.15, -0.1) is 0 Å². The molecule has 3 aromatic rings. The predicted molar refractivity (Wildman–Crippen MR) is 162 cm³/mol. The molecule has 0 saturated heterocycles. The van der Waals surface area contributed by atoms with Crippen LogP contribution in [0.15, 0.2) is 72.8 Å². The molecule has 42 heavy (non-hydrogen) atoms. The predicted octanol–water partition coefficient (Wildman–Crippen LogP) is 5.72. The Morgan fingerprint density at radius 1 is 0.952 bits per heavy atom. The number of halogens is 3. The zero-order chi connectivity index (χ0) is 30.7. The smallest absolute Gasteiger partial charge is 0.243 e. The lowest BCUT2D eigenvalue weighted by Gasteiger charge is -2.32. The highest BCUT2D eigenvalue weighted by molar-refractivity contribution is 7.92. The molecular weight excluding hydrogens is 584 g/mol. The quantitative estimate of drug-likeness (QED) is 0.221. The van der Waals surface area contributed by atoms with Crippen molar-refractivity contribution >= 4 is 39.1 Å². The number of carbonyl (C=O) groups excluding carboxylic acids is 2. The number of nitrogens with zero attached hydrogens (tertiary/aromatic N) is 2. The maximum absolute atomic E-state index is 13.9. The summed E-state index contributed by atoms with van der Waals surface area (Å²) in [5.74, 6) is -2.95. The fraction of sp³-hybridized carbons (Fsp3) is 0.355. The van der Waals surface area contributed by atoms with E-state index in [1.54, 1.807) is 24.3 Å². The molecule has 2 amide bonds. The van der Waals surface area contributed by atoms with E-state index in [1.165, 1.54) is 11.0 Å². The topological polar surface area (TPSA) is 86.8 Å². The van der Waals surface area contributed by atoms with Gasteiger partial charge in [0.05, 0.1) is 11.9 Å². The van der Waals surface area contributed by atoms with Crippen molar-refractivity contribution in [2.24, 2.45) is 0 Å². The molecule has 0 saturated carbocycles. The Morgan fingerprint density at radius 3 is 2.29 bits per heavy atom. The van der Waals surface area contributed by atoms with Crippen LogP contribution in [0.5, 0.6) is 0 Å². The third-order valence-corrected chi connectivity index (χ3v) is 8.31. The van der Waals surface area contributed by atoms with Crippen LogP contribution in [-0.4, -0.2) is 50.5 Å². The second-order valence-corrected chi connectivity index (χ2v) is 12.3. The van der Waals surface area contributed by atoms with E-state index in [4.69, 9.17) is 11.6 Å². The Kier molecular flexibility index (Phi) is 12.3. The van der Waals surface area contributed by atoms with Crippen LogP contribution in [0.1, 0.15) is 43.7 Å². The summed E-state index contributed by atoms with van der Waals surface area (Å²) in [7, 11) is -3.87. The lowest BCUT2D eigenvalue weighted by Crippen LogP contribution is -2.50. The van der Waals surface area contributed by atoms with Gasteiger partial charge in [-0.05, 0) is 42.2 Å². The molecule has 0 aliphatic carbocycles. The Balaban J connectivity index is 1.88. The molecule has 3 aromatic carbocycles. The average molecular weight is 620 g/mol. The summed E-state index contributed by atoms with van der Waals surface area (Å²) >= 11 is 6.44. The van der Waals surface area contributed by atoms with Gasteiger partial charge < -0.3 is 10.2 Å². The molecule has 0 aliphatic heterocycles.